The molecular formula is C11H15NO4. The maximum absolute atomic E-state index is 9.82. The van der Waals surface area contributed by atoms with Crippen LogP contribution in [0.4, 0.5) is 0 Å². The van der Waals surface area contributed by atoms with Crippen LogP contribution in [0.2, 0.25) is 0 Å². The highest BCUT2D eigenvalue weighted by atomic mass is 16.3. The summed E-state index contributed by atoms with van der Waals surface area (Å²) in [7, 11) is 0. The lowest BCUT2D eigenvalue weighted by molar-refractivity contribution is 0.120. The smallest absolute Gasteiger partial charge is 0.127 e. The molecule has 5 nitrogen and oxygen atoms in total. The average Bonchev–Trinajstić information content (AvgIpc) is 2.97. The number of hydrogen-bond acceptors (Lipinski definition) is 5. The molecule has 0 unspecified atom stereocenters. The quantitative estimate of drug-likeness (QED) is 0.517. The van der Waals surface area contributed by atoms with Gasteiger partial charge >= 0.3 is 0 Å². The predicted molar refractivity (Wildman–Crippen MR) is 57.1 cm³/mol. The lowest BCUT2D eigenvalue weighted by Gasteiger charge is -2.20. The highest BCUT2D eigenvalue weighted by Gasteiger charge is 2.36. The molecule has 0 aliphatic heterocycles. The zero-order valence-corrected chi connectivity index (χ0v) is 8.67. The van der Waals surface area contributed by atoms with Gasteiger partial charge in [-0.25, -0.2) is 0 Å². The van der Waals surface area contributed by atoms with Crippen LogP contribution in [0.1, 0.15) is 24.4 Å². The van der Waals surface area contributed by atoms with Crippen LogP contribution in [-0.4, -0.2) is 26.5 Å². The second-order valence-corrected chi connectivity index (χ2v) is 4.25. The highest BCUT2D eigenvalue weighted by Crippen LogP contribution is 2.42. The fourth-order valence-electron chi connectivity index (χ4n) is 1.85. The largest absolute Gasteiger partial charge is 0.508 e. The Labute approximate surface area is 92.8 Å². The van der Waals surface area contributed by atoms with Gasteiger partial charge in [-0.2, -0.15) is 0 Å². The first-order valence-electron chi connectivity index (χ1n) is 5.19. The maximum atomic E-state index is 9.82. The number of phenolic OH excluding ortho intramolecular Hbond substituents is 3. The average molecular weight is 225 g/mol. The van der Waals surface area contributed by atoms with Gasteiger partial charge in [0.1, 0.15) is 17.2 Å². The lowest BCUT2D eigenvalue weighted by Crippen LogP contribution is -2.28. The second-order valence-electron chi connectivity index (χ2n) is 4.25. The van der Waals surface area contributed by atoms with Gasteiger partial charge in [-0.05, 0) is 18.8 Å². The third kappa shape index (κ3) is 1.91. The summed E-state index contributed by atoms with van der Waals surface area (Å²) in [5.41, 5.74) is 5.86. The van der Waals surface area contributed by atoms with Crippen molar-refractivity contribution in [2.45, 2.75) is 25.0 Å². The molecule has 0 radical (unpaired) electrons. The van der Waals surface area contributed by atoms with Crippen LogP contribution in [0.15, 0.2) is 12.1 Å². The summed E-state index contributed by atoms with van der Waals surface area (Å²) < 4.78 is 0. The number of nitrogens with two attached hydrogens (primary N) is 1. The van der Waals surface area contributed by atoms with Crippen molar-refractivity contribution in [1.29, 1.82) is 0 Å². The van der Waals surface area contributed by atoms with E-state index in [1.807, 2.05) is 0 Å². The summed E-state index contributed by atoms with van der Waals surface area (Å²) in [5, 5.41) is 38.1. The standard InChI is InChI=1S/C11H15NO4/c12-10(11(16)5-1-2-5)9-7(14)3-6(13)4-8(9)15/h3-5,10-11,13-16H,1-2,12H2/t10-,11+/m0/s1. The van der Waals surface area contributed by atoms with Crippen molar-refractivity contribution in [3.8, 4) is 17.2 Å². The van der Waals surface area contributed by atoms with Crippen molar-refractivity contribution < 1.29 is 20.4 Å². The summed E-state index contributed by atoms with van der Waals surface area (Å²) in [6.45, 7) is 0. The molecule has 0 amide bonds. The number of rotatable bonds is 3. The minimum Gasteiger partial charge on any atom is -0.508 e. The van der Waals surface area contributed by atoms with Crippen LogP contribution in [0, 0.1) is 5.92 Å². The first kappa shape index (κ1) is 11.0. The lowest BCUT2D eigenvalue weighted by atomic mass is 9.97. The minimum absolute atomic E-state index is 0.0807. The van der Waals surface area contributed by atoms with E-state index in [4.69, 9.17) is 10.8 Å². The van der Waals surface area contributed by atoms with E-state index >= 15 is 0 Å². The molecule has 2 rings (SSSR count). The van der Waals surface area contributed by atoms with Crippen LogP contribution in [0.3, 0.4) is 0 Å². The van der Waals surface area contributed by atoms with Gasteiger partial charge in [0.2, 0.25) is 0 Å². The first-order valence-corrected chi connectivity index (χ1v) is 5.19. The number of aromatic hydroxyl groups is 3. The van der Waals surface area contributed by atoms with Crippen LogP contribution in [0.5, 0.6) is 17.2 Å². The van der Waals surface area contributed by atoms with E-state index in [0.29, 0.717) is 0 Å². The van der Waals surface area contributed by atoms with E-state index < -0.39 is 12.1 Å². The fraction of sp³-hybridized carbons (Fsp3) is 0.455. The first-order chi connectivity index (χ1) is 7.50. The molecule has 0 aromatic heterocycles. The molecule has 1 aromatic rings. The number of aliphatic hydroxyl groups excluding tert-OH is 1. The van der Waals surface area contributed by atoms with E-state index in [1.165, 1.54) is 0 Å². The summed E-state index contributed by atoms with van der Waals surface area (Å²) in [4.78, 5) is 0. The summed E-state index contributed by atoms with van der Waals surface area (Å²) >= 11 is 0. The Bertz CT molecular complexity index is 380. The Morgan fingerprint density at radius 2 is 1.62 bits per heavy atom. The molecule has 1 saturated carbocycles. The Kier molecular flexibility index (Phi) is 2.65. The van der Waals surface area contributed by atoms with Gasteiger partial charge < -0.3 is 26.2 Å². The van der Waals surface area contributed by atoms with Crippen LogP contribution in [-0.2, 0) is 0 Å². The number of benzene rings is 1. The Balaban J connectivity index is 2.31. The van der Waals surface area contributed by atoms with E-state index in [9.17, 15) is 15.3 Å². The summed E-state index contributed by atoms with van der Waals surface area (Å²) in [6.07, 6.45) is 1.05. The van der Waals surface area contributed by atoms with E-state index in [2.05, 4.69) is 0 Å². The van der Waals surface area contributed by atoms with Crippen molar-refractivity contribution in [3.63, 3.8) is 0 Å². The molecule has 1 aromatic carbocycles. The second kappa shape index (κ2) is 3.84. The van der Waals surface area contributed by atoms with Crippen LogP contribution >= 0.6 is 0 Å². The van der Waals surface area contributed by atoms with Crippen molar-refractivity contribution >= 4 is 0 Å². The topological polar surface area (TPSA) is 107 Å². The predicted octanol–water partition coefficient (Wildman–Crippen LogP) is 0.574. The van der Waals surface area contributed by atoms with Gasteiger partial charge in [0.25, 0.3) is 0 Å². The molecule has 88 valence electrons. The maximum Gasteiger partial charge on any atom is 0.127 e. The number of hydrogen-bond donors (Lipinski definition) is 5. The molecular weight excluding hydrogens is 210 g/mol. The molecule has 0 spiro atoms. The molecule has 16 heavy (non-hydrogen) atoms. The fourth-order valence-corrected chi connectivity index (χ4v) is 1.85. The van der Waals surface area contributed by atoms with Crippen molar-refractivity contribution in [1.82, 2.24) is 0 Å². The molecule has 1 aliphatic rings. The van der Waals surface area contributed by atoms with E-state index in [0.717, 1.165) is 25.0 Å². The summed E-state index contributed by atoms with van der Waals surface area (Å²) in [6, 6.07) is 1.34. The van der Waals surface area contributed by atoms with Gasteiger partial charge in [-0.3, -0.25) is 0 Å². The van der Waals surface area contributed by atoms with E-state index in [1.54, 1.807) is 0 Å². The van der Waals surface area contributed by atoms with Crippen molar-refractivity contribution in [3.05, 3.63) is 17.7 Å². The third-order valence-electron chi connectivity index (χ3n) is 2.93. The zero-order valence-electron chi connectivity index (χ0n) is 8.67. The van der Waals surface area contributed by atoms with Gasteiger partial charge in [-0.1, -0.05) is 0 Å². The van der Waals surface area contributed by atoms with Gasteiger partial charge in [0.15, 0.2) is 0 Å². The molecule has 0 bridgehead atoms. The van der Waals surface area contributed by atoms with Crippen molar-refractivity contribution in [2.24, 2.45) is 11.7 Å². The van der Waals surface area contributed by atoms with Gasteiger partial charge in [0, 0.05) is 12.1 Å². The Morgan fingerprint density at radius 3 is 2.06 bits per heavy atom. The number of phenols is 3. The molecule has 1 aliphatic carbocycles. The molecule has 5 heteroatoms. The monoisotopic (exact) mass is 225 g/mol. The molecule has 0 heterocycles. The zero-order chi connectivity index (χ0) is 11.9. The van der Waals surface area contributed by atoms with Crippen molar-refractivity contribution in [2.75, 3.05) is 0 Å². The van der Waals surface area contributed by atoms with E-state index in [-0.39, 0.29) is 28.7 Å². The summed E-state index contributed by atoms with van der Waals surface area (Å²) in [5.74, 6) is -0.705. The number of aliphatic hydroxyl groups is 1. The Morgan fingerprint density at radius 1 is 1.12 bits per heavy atom. The van der Waals surface area contributed by atoms with Crippen LogP contribution in [0.25, 0.3) is 0 Å². The molecule has 0 saturated heterocycles. The molecule has 1 fully saturated rings. The Hall–Kier alpha value is -1.46. The van der Waals surface area contributed by atoms with Gasteiger partial charge in [-0.15, -0.1) is 0 Å². The van der Waals surface area contributed by atoms with Gasteiger partial charge in [0.05, 0.1) is 17.7 Å². The minimum atomic E-state index is -0.840. The SMILES string of the molecule is N[C@@H](c1c(O)cc(O)cc1O)[C@H](O)C1CC1. The normalized spacial score (nSPS) is 19.4. The molecule has 2 atom stereocenters. The third-order valence-corrected chi connectivity index (χ3v) is 2.93. The molecule has 6 N–H and O–H groups in total. The van der Waals surface area contributed by atoms with Crippen LogP contribution < -0.4 is 5.73 Å². The highest BCUT2D eigenvalue weighted by molar-refractivity contribution is 5.50.